The highest BCUT2D eigenvalue weighted by atomic mass is 16.5. The molecule has 2 nitrogen and oxygen atoms in total. The minimum absolute atomic E-state index is 0.156. The van der Waals surface area contributed by atoms with Crippen molar-refractivity contribution in [3.63, 3.8) is 0 Å². The van der Waals surface area contributed by atoms with E-state index in [1.807, 2.05) is 0 Å². The maximum Gasteiger partial charge on any atom is 0.0644 e. The molecule has 0 bridgehead atoms. The van der Waals surface area contributed by atoms with Crippen LogP contribution in [0.3, 0.4) is 0 Å². The molecule has 0 fully saturated rings. The maximum absolute atomic E-state index is 8.80. The molecule has 0 amide bonds. The summed E-state index contributed by atoms with van der Waals surface area (Å²) in [7, 11) is 0. The summed E-state index contributed by atoms with van der Waals surface area (Å²) in [5, 5.41) is 8.80. The van der Waals surface area contributed by atoms with Gasteiger partial charge in [0.05, 0.1) is 13.2 Å². The molecular weight excluding hydrogens is 140 g/mol. The number of hydrogen-bond donors (Lipinski definition) is 1. The highest BCUT2D eigenvalue weighted by Crippen LogP contribution is 2.02. The number of allylic oxidation sites excluding steroid dienone is 1. The molecule has 0 saturated carbocycles. The zero-order valence-electron chi connectivity index (χ0n) is 6.83. The average molecular weight is 156 g/mol. The maximum atomic E-state index is 8.80. The Balaban J connectivity index is 3.34. The summed E-state index contributed by atoms with van der Waals surface area (Å²) in [6, 6.07) is 0. The molecule has 1 N–H and O–H groups in total. The van der Waals surface area contributed by atoms with Gasteiger partial charge in [-0.3, -0.25) is 0 Å². The van der Waals surface area contributed by atoms with Gasteiger partial charge in [0.2, 0.25) is 0 Å². The third-order valence-electron chi connectivity index (χ3n) is 1.35. The van der Waals surface area contributed by atoms with Crippen LogP contribution in [0.2, 0.25) is 0 Å². The molecule has 0 rings (SSSR count). The highest BCUT2D eigenvalue weighted by molar-refractivity contribution is 4.73. The van der Waals surface area contributed by atoms with E-state index in [0.29, 0.717) is 13.2 Å². The Bertz CT molecular complexity index is 110. The Labute approximate surface area is 68.2 Å². The van der Waals surface area contributed by atoms with Crippen LogP contribution in [0.1, 0.15) is 6.42 Å². The van der Waals surface area contributed by atoms with E-state index in [0.717, 1.165) is 6.42 Å². The van der Waals surface area contributed by atoms with Gasteiger partial charge < -0.3 is 9.84 Å². The van der Waals surface area contributed by atoms with Gasteiger partial charge in [0.25, 0.3) is 0 Å². The predicted octanol–water partition coefficient (Wildman–Crippen LogP) is 1.37. The SMILES string of the molecule is C=CCOCC(CO)CC=C. The summed E-state index contributed by atoms with van der Waals surface area (Å²) in [6.07, 6.45) is 4.29. The van der Waals surface area contributed by atoms with E-state index in [-0.39, 0.29) is 12.5 Å². The molecule has 0 saturated heterocycles. The number of aliphatic hydroxyl groups is 1. The van der Waals surface area contributed by atoms with Gasteiger partial charge in [-0.2, -0.15) is 0 Å². The van der Waals surface area contributed by atoms with Gasteiger partial charge in [0, 0.05) is 12.5 Å². The van der Waals surface area contributed by atoms with Crippen LogP contribution in [0.4, 0.5) is 0 Å². The number of aliphatic hydroxyl groups excluding tert-OH is 1. The van der Waals surface area contributed by atoms with E-state index in [1.54, 1.807) is 12.2 Å². The van der Waals surface area contributed by atoms with Gasteiger partial charge in [0.15, 0.2) is 0 Å². The fraction of sp³-hybridized carbons (Fsp3) is 0.556. The standard InChI is InChI=1S/C9H16O2/c1-3-5-9(7-10)8-11-6-4-2/h3-4,9-10H,1-2,5-8H2. The Hall–Kier alpha value is -0.600. The van der Waals surface area contributed by atoms with Crippen LogP contribution in [0.25, 0.3) is 0 Å². The zero-order chi connectivity index (χ0) is 8.53. The summed E-state index contributed by atoms with van der Waals surface area (Å²) in [6.45, 7) is 8.39. The van der Waals surface area contributed by atoms with Crippen molar-refractivity contribution in [1.82, 2.24) is 0 Å². The van der Waals surface area contributed by atoms with Crippen molar-refractivity contribution in [3.05, 3.63) is 25.3 Å². The first-order valence-electron chi connectivity index (χ1n) is 3.75. The van der Waals surface area contributed by atoms with Gasteiger partial charge >= 0.3 is 0 Å². The molecule has 11 heavy (non-hydrogen) atoms. The molecule has 64 valence electrons. The monoisotopic (exact) mass is 156 g/mol. The molecule has 0 aromatic rings. The minimum atomic E-state index is 0.156. The van der Waals surface area contributed by atoms with E-state index in [1.165, 1.54) is 0 Å². The first-order valence-corrected chi connectivity index (χ1v) is 3.75. The quantitative estimate of drug-likeness (QED) is 0.445. The van der Waals surface area contributed by atoms with Gasteiger partial charge in [-0.05, 0) is 6.42 Å². The van der Waals surface area contributed by atoms with Crippen LogP contribution in [-0.2, 0) is 4.74 Å². The third kappa shape index (κ3) is 5.83. The fourth-order valence-corrected chi connectivity index (χ4v) is 0.749. The molecule has 0 aromatic heterocycles. The number of rotatable bonds is 7. The lowest BCUT2D eigenvalue weighted by molar-refractivity contribution is 0.0911. The van der Waals surface area contributed by atoms with Gasteiger partial charge in [-0.1, -0.05) is 12.2 Å². The van der Waals surface area contributed by atoms with Crippen LogP contribution >= 0.6 is 0 Å². The molecular formula is C9H16O2. The van der Waals surface area contributed by atoms with E-state index in [2.05, 4.69) is 13.2 Å². The molecule has 0 aliphatic heterocycles. The number of ether oxygens (including phenoxy) is 1. The lowest BCUT2D eigenvalue weighted by atomic mass is 10.1. The van der Waals surface area contributed by atoms with E-state index < -0.39 is 0 Å². The molecule has 0 spiro atoms. The smallest absolute Gasteiger partial charge is 0.0644 e. The van der Waals surface area contributed by atoms with Crippen LogP contribution in [0.15, 0.2) is 25.3 Å². The molecule has 0 heterocycles. The topological polar surface area (TPSA) is 29.5 Å². The second kappa shape index (κ2) is 7.51. The number of hydrogen-bond acceptors (Lipinski definition) is 2. The largest absolute Gasteiger partial charge is 0.396 e. The van der Waals surface area contributed by atoms with Crippen molar-refractivity contribution in [2.75, 3.05) is 19.8 Å². The van der Waals surface area contributed by atoms with Crippen LogP contribution < -0.4 is 0 Å². The Morgan fingerprint density at radius 2 is 2.09 bits per heavy atom. The first-order chi connectivity index (χ1) is 5.35. The van der Waals surface area contributed by atoms with Gasteiger partial charge in [-0.15, -0.1) is 13.2 Å². The second-order valence-electron chi connectivity index (χ2n) is 2.40. The van der Waals surface area contributed by atoms with Crippen molar-refractivity contribution in [1.29, 1.82) is 0 Å². The Kier molecular flexibility index (Phi) is 7.10. The lowest BCUT2D eigenvalue weighted by Crippen LogP contribution is -2.13. The van der Waals surface area contributed by atoms with Crippen LogP contribution in [0.5, 0.6) is 0 Å². The lowest BCUT2D eigenvalue weighted by Gasteiger charge is -2.10. The molecule has 0 aromatic carbocycles. The van der Waals surface area contributed by atoms with Crippen molar-refractivity contribution in [3.8, 4) is 0 Å². The molecule has 0 radical (unpaired) electrons. The summed E-state index contributed by atoms with van der Waals surface area (Å²) in [5.41, 5.74) is 0. The summed E-state index contributed by atoms with van der Waals surface area (Å²) in [5.74, 6) is 0.187. The third-order valence-corrected chi connectivity index (χ3v) is 1.35. The first kappa shape index (κ1) is 10.4. The highest BCUT2D eigenvalue weighted by Gasteiger charge is 2.03. The van der Waals surface area contributed by atoms with Gasteiger partial charge in [0.1, 0.15) is 0 Å². The summed E-state index contributed by atoms with van der Waals surface area (Å²) in [4.78, 5) is 0. The predicted molar refractivity (Wildman–Crippen MR) is 46.4 cm³/mol. The fourth-order valence-electron chi connectivity index (χ4n) is 0.749. The normalized spacial score (nSPS) is 12.5. The summed E-state index contributed by atoms with van der Waals surface area (Å²) >= 11 is 0. The Morgan fingerprint density at radius 3 is 2.55 bits per heavy atom. The van der Waals surface area contributed by atoms with Gasteiger partial charge in [-0.25, -0.2) is 0 Å². The van der Waals surface area contributed by atoms with Crippen LogP contribution in [0, 0.1) is 5.92 Å². The molecule has 0 aliphatic rings. The zero-order valence-corrected chi connectivity index (χ0v) is 6.83. The average Bonchev–Trinajstić information content (AvgIpc) is 2.03. The van der Waals surface area contributed by atoms with Crippen molar-refractivity contribution < 1.29 is 9.84 Å². The van der Waals surface area contributed by atoms with Crippen molar-refractivity contribution >= 4 is 0 Å². The van der Waals surface area contributed by atoms with Crippen molar-refractivity contribution in [2.24, 2.45) is 5.92 Å². The second-order valence-corrected chi connectivity index (χ2v) is 2.40. The molecule has 0 aliphatic carbocycles. The van der Waals surface area contributed by atoms with Crippen LogP contribution in [-0.4, -0.2) is 24.9 Å². The van der Waals surface area contributed by atoms with Crippen molar-refractivity contribution in [2.45, 2.75) is 6.42 Å². The molecule has 1 unspecified atom stereocenters. The van der Waals surface area contributed by atoms with E-state index in [9.17, 15) is 0 Å². The molecule has 1 atom stereocenters. The van der Waals surface area contributed by atoms with E-state index in [4.69, 9.17) is 9.84 Å². The Morgan fingerprint density at radius 1 is 1.36 bits per heavy atom. The minimum Gasteiger partial charge on any atom is -0.396 e. The summed E-state index contributed by atoms with van der Waals surface area (Å²) < 4.78 is 5.16. The molecule has 2 heteroatoms. The van der Waals surface area contributed by atoms with E-state index >= 15 is 0 Å².